The van der Waals surface area contributed by atoms with Crippen molar-refractivity contribution in [1.82, 2.24) is 15.3 Å². The van der Waals surface area contributed by atoms with Crippen molar-refractivity contribution in [1.29, 1.82) is 0 Å². The van der Waals surface area contributed by atoms with Gasteiger partial charge < -0.3 is 5.32 Å². The quantitative estimate of drug-likeness (QED) is 0.889. The van der Waals surface area contributed by atoms with Crippen LogP contribution in [0.4, 0.5) is 0 Å². The van der Waals surface area contributed by atoms with Crippen molar-refractivity contribution in [2.45, 2.75) is 46.6 Å². The molecule has 1 atom stereocenters. The van der Waals surface area contributed by atoms with Crippen LogP contribution < -0.4 is 5.32 Å². The zero-order valence-corrected chi connectivity index (χ0v) is 13.0. The summed E-state index contributed by atoms with van der Waals surface area (Å²) in [6.45, 7) is 10.0. The predicted molar refractivity (Wildman–Crippen MR) is 84.6 cm³/mol. The van der Waals surface area contributed by atoms with E-state index in [4.69, 9.17) is 0 Å². The Bertz CT molecular complexity index is 557. The lowest BCUT2D eigenvalue weighted by atomic mass is 9.87. The molecule has 0 amide bonds. The van der Waals surface area contributed by atoms with Gasteiger partial charge in [-0.15, -0.1) is 0 Å². The van der Waals surface area contributed by atoms with Gasteiger partial charge in [0.25, 0.3) is 0 Å². The Balaban J connectivity index is 2.21. The molecule has 0 saturated heterocycles. The highest BCUT2D eigenvalue weighted by atomic mass is 14.9. The molecule has 108 valence electrons. The normalized spacial score (nSPS) is 13.6. The Morgan fingerprint density at radius 2 is 1.80 bits per heavy atom. The molecule has 0 aliphatic carbocycles. The van der Waals surface area contributed by atoms with E-state index in [0.29, 0.717) is 11.5 Å². The first-order valence-electron chi connectivity index (χ1n) is 7.43. The van der Waals surface area contributed by atoms with Crippen LogP contribution in [0.25, 0.3) is 11.0 Å². The number of nitrogens with zero attached hydrogens (tertiary/aromatic N) is 2. The molecule has 1 aromatic heterocycles. The Labute approximate surface area is 121 Å². The summed E-state index contributed by atoms with van der Waals surface area (Å²) >= 11 is 0. The minimum atomic E-state index is 0.365. The summed E-state index contributed by atoms with van der Waals surface area (Å²) in [4.78, 5) is 8.73. The largest absolute Gasteiger partial charge is 0.310 e. The van der Waals surface area contributed by atoms with E-state index in [9.17, 15) is 0 Å². The van der Waals surface area contributed by atoms with Gasteiger partial charge in [-0.3, -0.25) is 9.97 Å². The molecule has 1 heterocycles. The van der Waals surface area contributed by atoms with Gasteiger partial charge in [-0.25, -0.2) is 0 Å². The van der Waals surface area contributed by atoms with Gasteiger partial charge in [0.05, 0.1) is 11.0 Å². The molecule has 1 unspecified atom stereocenters. The van der Waals surface area contributed by atoms with Crippen LogP contribution in [0, 0.1) is 5.41 Å². The van der Waals surface area contributed by atoms with E-state index in [2.05, 4.69) is 61.2 Å². The van der Waals surface area contributed by atoms with Crippen LogP contribution in [0.3, 0.4) is 0 Å². The Kier molecular flexibility index (Phi) is 4.71. The van der Waals surface area contributed by atoms with Crippen LogP contribution in [0.2, 0.25) is 0 Å². The number of benzene rings is 1. The van der Waals surface area contributed by atoms with Crippen LogP contribution in [-0.2, 0) is 0 Å². The summed E-state index contributed by atoms with van der Waals surface area (Å²) in [6, 6.07) is 6.80. The second-order valence-corrected chi connectivity index (χ2v) is 6.51. The monoisotopic (exact) mass is 271 g/mol. The van der Waals surface area contributed by atoms with E-state index in [0.717, 1.165) is 24.0 Å². The Morgan fingerprint density at radius 1 is 1.10 bits per heavy atom. The average Bonchev–Trinajstić information content (AvgIpc) is 2.42. The molecule has 0 aliphatic rings. The number of aromatic nitrogens is 2. The van der Waals surface area contributed by atoms with Crippen LogP contribution >= 0.6 is 0 Å². The van der Waals surface area contributed by atoms with Crippen LogP contribution in [-0.4, -0.2) is 16.5 Å². The van der Waals surface area contributed by atoms with Gasteiger partial charge in [0.2, 0.25) is 0 Å². The minimum Gasteiger partial charge on any atom is -0.310 e. The van der Waals surface area contributed by atoms with Gasteiger partial charge in [0, 0.05) is 18.4 Å². The molecule has 0 radical (unpaired) electrons. The SMILES string of the molecule is CCNC(CCC(C)(C)C)c1ccc2nccnc2c1. The number of rotatable bonds is 5. The van der Waals surface area contributed by atoms with Gasteiger partial charge >= 0.3 is 0 Å². The van der Waals surface area contributed by atoms with Gasteiger partial charge in [0.1, 0.15) is 0 Å². The van der Waals surface area contributed by atoms with E-state index < -0.39 is 0 Å². The molecule has 0 saturated carbocycles. The summed E-state index contributed by atoms with van der Waals surface area (Å²) in [5.41, 5.74) is 3.61. The molecule has 0 spiro atoms. The fraction of sp³-hybridized carbons (Fsp3) is 0.529. The van der Waals surface area contributed by atoms with Crippen molar-refractivity contribution in [3.8, 4) is 0 Å². The first-order valence-corrected chi connectivity index (χ1v) is 7.43. The summed E-state index contributed by atoms with van der Waals surface area (Å²) in [5, 5.41) is 3.59. The lowest BCUT2D eigenvalue weighted by Gasteiger charge is -2.24. The van der Waals surface area contributed by atoms with Crippen molar-refractivity contribution in [2.75, 3.05) is 6.54 Å². The maximum atomic E-state index is 4.40. The highest BCUT2D eigenvalue weighted by molar-refractivity contribution is 5.74. The third kappa shape index (κ3) is 4.01. The highest BCUT2D eigenvalue weighted by Crippen LogP contribution is 2.28. The fourth-order valence-corrected chi connectivity index (χ4v) is 2.41. The Morgan fingerprint density at radius 3 is 2.45 bits per heavy atom. The second kappa shape index (κ2) is 6.31. The van der Waals surface area contributed by atoms with Crippen molar-refractivity contribution >= 4 is 11.0 Å². The molecule has 1 N–H and O–H groups in total. The summed E-state index contributed by atoms with van der Waals surface area (Å²) in [6.07, 6.45) is 5.83. The number of hydrogen-bond donors (Lipinski definition) is 1. The lowest BCUT2D eigenvalue weighted by molar-refractivity contribution is 0.334. The fourth-order valence-electron chi connectivity index (χ4n) is 2.41. The molecule has 3 heteroatoms. The van der Waals surface area contributed by atoms with Crippen molar-refractivity contribution < 1.29 is 0 Å². The van der Waals surface area contributed by atoms with E-state index >= 15 is 0 Å². The molecular formula is C17H25N3. The third-order valence-electron chi connectivity index (χ3n) is 3.53. The molecule has 2 aromatic rings. The second-order valence-electron chi connectivity index (χ2n) is 6.51. The van der Waals surface area contributed by atoms with Crippen LogP contribution in [0.15, 0.2) is 30.6 Å². The minimum absolute atomic E-state index is 0.365. The molecule has 20 heavy (non-hydrogen) atoms. The van der Waals surface area contributed by atoms with E-state index in [1.807, 2.05) is 0 Å². The Hall–Kier alpha value is -1.48. The van der Waals surface area contributed by atoms with Gasteiger partial charge in [-0.1, -0.05) is 33.8 Å². The topological polar surface area (TPSA) is 37.8 Å². The molecule has 3 nitrogen and oxygen atoms in total. The van der Waals surface area contributed by atoms with Crippen LogP contribution in [0.1, 0.15) is 52.1 Å². The maximum Gasteiger partial charge on any atom is 0.0890 e. The van der Waals surface area contributed by atoms with Crippen LogP contribution in [0.5, 0.6) is 0 Å². The number of nitrogens with one attached hydrogen (secondary N) is 1. The standard InChI is InChI=1S/C17H25N3/c1-5-18-14(8-9-17(2,3)4)13-6-7-15-16(12-13)20-11-10-19-15/h6-7,10-12,14,18H,5,8-9H2,1-4H3. The van der Waals surface area contributed by atoms with Gasteiger partial charge in [-0.05, 0) is 42.5 Å². The lowest BCUT2D eigenvalue weighted by Crippen LogP contribution is -2.22. The smallest absolute Gasteiger partial charge is 0.0890 e. The van der Waals surface area contributed by atoms with E-state index in [1.54, 1.807) is 12.4 Å². The van der Waals surface area contributed by atoms with Gasteiger partial charge in [-0.2, -0.15) is 0 Å². The third-order valence-corrected chi connectivity index (χ3v) is 3.53. The van der Waals surface area contributed by atoms with Crippen molar-refractivity contribution in [3.63, 3.8) is 0 Å². The maximum absolute atomic E-state index is 4.40. The average molecular weight is 271 g/mol. The number of fused-ring (bicyclic) bond motifs is 1. The predicted octanol–water partition coefficient (Wildman–Crippen LogP) is 4.11. The first-order chi connectivity index (χ1) is 9.49. The van der Waals surface area contributed by atoms with E-state index in [1.165, 1.54) is 12.0 Å². The van der Waals surface area contributed by atoms with E-state index in [-0.39, 0.29) is 0 Å². The first kappa shape index (κ1) is 14.9. The summed E-state index contributed by atoms with van der Waals surface area (Å²) < 4.78 is 0. The molecule has 0 bridgehead atoms. The molecule has 1 aromatic carbocycles. The van der Waals surface area contributed by atoms with Crippen molar-refractivity contribution in [3.05, 3.63) is 36.2 Å². The summed E-state index contributed by atoms with van der Waals surface area (Å²) in [5.74, 6) is 0. The van der Waals surface area contributed by atoms with Crippen molar-refractivity contribution in [2.24, 2.45) is 5.41 Å². The molecule has 0 aliphatic heterocycles. The van der Waals surface area contributed by atoms with Gasteiger partial charge in [0.15, 0.2) is 0 Å². The zero-order chi connectivity index (χ0) is 14.6. The summed E-state index contributed by atoms with van der Waals surface area (Å²) in [7, 11) is 0. The number of hydrogen-bond acceptors (Lipinski definition) is 3. The molecule has 2 rings (SSSR count). The molecular weight excluding hydrogens is 246 g/mol. The zero-order valence-electron chi connectivity index (χ0n) is 13.0. The molecule has 0 fully saturated rings. The highest BCUT2D eigenvalue weighted by Gasteiger charge is 2.16.